The minimum Gasteiger partial charge on any atom is -0.441 e. The Balaban J connectivity index is 1.47. The van der Waals surface area contributed by atoms with Gasteiger partial charge >= 0.3 is 6.09 Å². The molecule has 0 radical (unpaired) electrons. The number of hydrogen-bond donors (Lipinski definition) is 3. The number of pyridine rings is 1. The Morgan fingerprint density at radius 1 is 1.03 bits per heavy atom. The van der Waals surface area contributed by atoms with Crippen molar-refractivity contribution in [1.82, 2.24) is 10.3 Å². The topological polar surface area (TPSA) is 105 Å². The number of benzene rings is 1. The monoisotopic (exact) mass is 454 g/mol. The largest absolute Gasteiger partial charge is 0.441 e. The minimum atomic E-state index is -0.604. The van der Waals surface area contributed by atoms with Gasteiger partial charge in [0, 0.05) is 18.3 Å². The highest BCUT2D eigenvalue weighted by molar-refractivity contribution is 6.29. The molecular weight excluding hydrogens is 432 g/mol. The van der Waals surface area contributed by atoms with Crippen LogP contribution in [0.3, 0.4) is 0 Å². The quantitative estimate of drug-likeness (QED) is 0.490. The number of halogens is 1. The van der Waals surface area contributed by atoms with Gasteiger partial charge in [-0.3, -0.25) is 15.1 Å². The second kappa shape index (κ2) is 10.3. The molecule has 4 rings (SSSR count). The van der Waals surface area contributed by atoms with Crippen molar-refractivity contribution in [3.63, 3.8) is 0 Å². The lowest BCUT2D eigenvalue weighted by molar-refractivity contribution is 0.0591. The summed E-state index contributed by atoms with van der Waals surface area (Å²) in [6.45, 7) is 1.76. The van der Waals surface area contributed by atoms with Crippen LogP contribution in [0.4, 0.5) is 16.2 Å². The van der Waals surface area contributed by atoms with Crippen LogP contribution in [0.15, 0.2) is 65.3 Å². The van der Waals surface area contributed by atoms with Crippen LogP contribution in [-0.4, -0.2) is 30.1 Å². The third kappa shape index (κ3) is 5.46. The van der Waals surface area contributed by atoms with Crippen molar-refractivity contribution in [2.24, 2.45) is 5.92 Å². The molecule has 9 heteroatoms. The standard InChI is InChI=1S/C23H23ClN4O4/c24-20-6-5-19(31-20)22(29)27-17-3-1-2-4-18(17)28-23(30)32-21(15-7-11-25-12-8-15)16-9-13-26-14-10-16/h1-8,11-12,16,21,26H,9-10,13-14H2,(H,27,29)(H,28,30). The summed E-state index contributed by atoms with van der Waals surface area (Å²) < 4.78 is 11.0. The fourth-order valence-corrected chi connectivity index (χ4v) is 3.86. The van der Waals surface area contributed by atoms with Gasteiger partial charge in [-0.25, -0.2) is 4.79 Å². The van der Waals surface area contributed by atoms with Gasteiger partial charge in [0.15, 0.2) is 11.0 Å². The third-order valence-corrected chi connectivity index (χ3v) is 5.49. The van der Waals surface area contributed by atoms with Crippen LogP contribution in [0.1, 0.15) is 35.1 Å². The predicted octanol–water partition coefficient (Wildman–Crippen LogP) is 4.87. The van der Waals surface area contributed by atoms with E-state index >= 15 is 0 Å². The average molecular weight is 455 g/mol. The molecule has 2 amide bonds. The van der Waals surface area contributed by atoms with Crippen molar-refractivity contribution in [3.05, 3.63) is 77.5 Å². The van der Waals surface area contributed by atoms with E-state index in [1.54, 1.807) is 36.7 Å². The van der Waals surface area contributed by atoms with Crippen LogP contribution in [0.25, 0.3) is 0 Å². The predicted molar refractivity (Wildman–Crippen MR) is 121 cm³/mol. The molecule has 3 heterocycles. The average Bonchev–Trinajstić information content (AvgIpc) is 3.26. The van der Waals surface area contributed by atoms with E-state index in [0.29, 0.717) is 11.4 Å². The number of piperidine rings is 1. The molecular formula is C23H23ClN4O4. The van der Waals surface area contributed by atoms with Crippen LogP contribution in [0.5, 0.6) is 0 Å². The molecule has 0 aliphatic carbocycles. The van der Waals surface area contributed by atoms with Crippen LogP contribution in [0.2, 0.25) is 5.22 Å². The lowest BCUT2D eigenvalue weighted by Crippen LogP contribution is -2.33. The number of aromatic nitrogens is 1. The first-order valence-corrected chi connectivity index (χ1v) is 10.7. The fourth-order valence-electron chi connectivity index (χ4n) is 3.71. The summed E-state index contributed by atoms with van der Waals surface area (Å²) in [5.74, 6) is -0.219. The molecule has 8 nitrogen and oxygen atoms in total. The second-order valence-electron chi connectivity index (χ2n) is 7.42. The molecule has 1 aromatic carbocycles. The first kappa shape index (κ1) is 21.9. The van der Waals surface area contributed by atoms with Crippen LogP contribution in [-0.2, 0) is 4.74 Å². The van der Waals surface area contributed by atoms with Gasteiger partial charge in [-0.2, -0.15) is 0 Å². The van der Waals surface area contributed by atoms with Crippen molar-refractivity contribution < 1.29 is 18.7 Å². The maximum Gasteiger partial charge on any atom is 0.412 e. The smallest absolute Gasteiger partial charge is 0.412 e. The van der Waals surface area contributed by atoms with Crippen LogP contribution >= 0.6 is 11.6 Å². The Labute approximate surface area is 190 Å². The molecule has 0 spiro atoms. The number of carbonyl (C=O) groups excluding carboxylic acids is 2. The van der Waals surface area contributed by atoms with Gasteiger partial charge in [0.1, 0.15) is 6.10 Å². The zero-order valence-electron chi connectivity index (χ0n) is 17.2. The van der Waals surface area contributed by atoms with Crippen molar-refractivity contribution >= 4 is 35.0 Å². The normalized spacial score (nSPS) is 15.0. The number of amides is 2. The third-order valence-electron chi connectivity index (χ3n) is 5.29. The van der Waals surface area contributed by atoms with Gasteiger partial charge < -0.3 is 19.8 Å². The van der Waals surface area contributed by atoms with E-state index in [4.69, 9.17) is 20.8 Å². The maximum absolute atomic E-state index is 12.8. The number of furan rings is 1. The minimum absolute atomic E-state index is 0.0658. The zero-order chi connectivity index (χ0) is 22.3. The van der Waals surface area contributed by atoms with Gasteiger partial charge in [0.2, 0.25) is 0 Å². The number of carbonyl (C=O) groups is 2. The molecule has 0 saturated carbocycles. The van der Waals surface area contributed by atoms with E-state index in [1.807, 2.05) is 12.1 Å². The van der Waals surface area contributed by atoms with Crippen molar-refractivity contribution in [2.75, 3.05) is 23.7 Å². The lowest BCUT2D eigenvalue weighted by Gasteiger charge is -2.30. The van der Waals surface area contributed by atoms with Crippen LogP contribution < -0.4 is 16.0 Å². The summed E-state index contributed by atoms with van der Waals surface area (Å²) in [7, 11) is 0. The molecule has 1 atom stereocenters. The zero-order valence-corrected chi connectivity index (χ0v) is 18.0. The molecule has 3 N–H and O–H groups in total. The summed E-state index contributed by atoms with van der Waals surface area (Å²) in [6, 6.07) is 13.5. The molecule has 166 valence electrons. The summed E-state index contributed by atoms with van der Waals surface area (Å²) in [5, 5.41) is 8.91. The number of ether oxygens (including phenoxy) is 1. The van der Waals surface area contributed by atoms with E-state index in [9.17, 15) is 9.59 Å². The highest BCUT2D eigenvalue weighted by atomic mass is 35.5. The van der Waals surface area contributed by atoms with Gasteiger partial charge in [-0.05, 0) is 79.5 Å². The molecule has 1 unspecified atom stereocenters. The van der Waals surface area contributed by atoms with Crippen molar-refractivity contribution in [1.29, 1.82) is 0 Å². The lowest BCUT2D eigenvalue weighted by atomic mass is 9.88. The number of rotatable bonds is 6. The first-order chi connectivity index (χ1) is 15.6. The molecule has 1 aliphatic rings. The Hall–Kier alpha value is -3.36. The highest BCUT2D eigenvalue weighted by Gasteiger charge is 2.28. The highest BCUT2D eigenvalue weighted by Crippen LogP contribution is 2.33. The molecule has 1 fully saturated rings. The van der Waals surface area contributed by atoms with E-state index in [1.165, 1.54) is 12.1 Å². The van der Waals surface area contributed by atoms with E-state index in [2.05, 4.69) is 20.9 Å². The fraction of sp³-hybridized carbons (Fsp3) is 0.261. The number of nitrogens with zero attached hydrogens (tertiary/aromatic N) is 1. The Morgan fingerprint density at radius 3 is 2.38 bits per heavy atom. The number of anilines is 2. The summed E-state index contributed by atoms with van der Waals surface area (Å²) in [5.41, 5.74) is 1.71. The SMILES string of the molecule is O=C(Nc1ccccc1NC(=O)c1ccc(Cl)o1)OC(c1ccncc1)C1CCNCC1. The van der Waals surface area contributed by atoms with Gasteiger partial charge in [-0.15, -0.1) is 0 Å². The molecule has 3 aromatic rings. The van der Waals surface area contributed by atoms with Crippen LogP contribution in [0, 0.1) is 5.92 Å². The summed E-state index contributed by atoms with van der Waals surface area (Å²) in [4.78, 5) is 29.3. The number of para-hydroxylation sites is 2. The van der Waals surface area contributed by atoms with E-state index in [0.717, 1.165) is 31.5 Å². The van der Waals surface area contributed by atoms with Gasteiger partial charge in [0.05, 0.1) is 11.4 Å². The van der Waals surface area contributed by atoms with E-state index < -0.39 is 18.1 Å². The molecule has 0 bridgehead atoms. The molecule has 32 heavy (non-hydrogen) atoms. The maximum atomic E-state index is 12.8. The number of hydrogen-bond acceptors (Lipinski definition) is 6. The number of nitrogens with one attached hydrogen (secondary N) is 3. The summed E-state index contributed by atoms with van der Waals surface area (Å²) >= 11 is 5.74. The first-order valence-electron chi connectivity index (χ1n) is 10.3. The molecule has 1 saturated heterocycles. The summed E-state index contributed by atoms with van der Waals surface area (Å²) in [6.07, 6.45) is 4.18. The molecule has 2 aromatic heterocycles. The van der Waals surface area contributed by atoms with Gasteiger partial charge in [-0.1, -0.05) is 12.1 Å². The van der Waals surface area contributed by atoms with Crippen molar-refractivity contribution in [2.45, 2.75) is 18.9 Å². The van der Waals surface area contributed by atoms with Crippen molar-refractivity contribution in [3.8, 4) is 0 Å². The Bertz CT molecular complexity index is 1070. The Morgan fingerprint density at radius 2 is 1.72 bits per heavy atom. The van der Waals surface area contributed by atoms with E-state index in [-0.39, 0.29) is 16.9 Å². The second-order valence-corrected chi connectivity index (χ2v) is 7.79. The van der Waals surface area contributed by atoms with Gasteiger partial charge in [0.25, 0.3) is 5.91 Å². The molecule has 1 aliphatic heterocycles. The Kier molecular flexibility index (Phi) is 7.03.